The first kappa shape index (κ1) is 34.2. The monoisotopic (exact) mass is 638 g/mol. The Labute approximate surface area is 261 Å². The number of hydrogen-bond donors (Lipinski definition) is 0. The summed E-state index contributed by atoms with van der Waals surface area (Å²) < 4.78 is 73.9. The van der Waals surface area contributed by atoms with Crippen molar-refractivity contribution in [1.29, 1.82) is 0 Å². The Morgan fingerprint density at radius 2 is 1.49 bits per heavy atom. The molecule has 2 aromatic rings. The second kappa shape index (κ2) is 16.0. The quantitative estimate of drug-likeness (QED) is 0.413. The summed E-state index contributed by atoms with van der Waals surface area (Å²) in [6.07, 6.45) is -2.28. The summed E-state index contributed by atoms with van der Waals surface area (Å²) in [4.78, 5) is 30.6. The van der Waals surface area contributed by atoms with E-state index in [-0.39, 0.29) is 30.1 Å². The minimum Gasteiger partial charge on any atom is -0.496 e. The zero-order chi connectivity index (χ0) is 32.4. The van der Waals surface area contributed by atoms with Crippen LogP contribution in [0.2, 0.25) is 0 Å². The van der Waals surface area contributed by atoms with Crippen LogP contribution in [-0.2, 0) is 15.7 Å². The Hall–Kier alpha value is -3.71. The summed E-state index contributed by atoms with van der Waals surface area (Å²) in [7, 11) is 4.06. The molecule has 3 unspecified atom stereocenters. The molecule has 1 fully saturated rings. The van der Waals surface area contributed by atoms with E-state index in [0.29, 0.717) is 49.5 Å². The summed E-state index contributed by atoms with van der Waals surface area (Å²) in [5.41, 5.74) is -0.991. The lowest BCUT2D eigenvalue weighted by atomic mass is 10.1. The van der Waals surface area contributed by atoms with Gasteiger partial charge >= 0.3 is 18.1 Å². The van der Waals surface area contributed by atoms with Gasteiger partial charge in [-0.05, 0) is 75.5 Å². The Kier molecular flexibility index (Phi) is 12.2. The summed E-state index contributed by atoms with van der Waals surface area (Å²) in [6.45, 7) is 5.36. The molecule has 0 amide bonds. The first-order chi connectivity index (χ1) is 21.6. The fourth-order valence-electron chi connectivity index (χ4n) is 5.52. The number of alkyl halides is 3. The van der Waals surface area contributed by atoms with E-state index in [4.69, 9.17) is 28.4 Å². The SMILES string of the molecule is COc1ccc(C(=O)OC2CCCOc3cc(cc(OC)c3OC)C(=O)OCCCN3CCCN(CC2)CC3)cc1C(F)(F)F. The van der Waals surface area contributed by atoms with Gasteiger partial charge in [0.05, 0.1) is 51.2 Å². The minimum atomic E-state index is -4.70. The fourth-order valence-corrected chi connectivity index (χ4v) is 5.52. The third-order valence-corrected chi connectivity index (χ3v) is 7.92. The lowest BCUT2D eigenvalue weighted by Gasteiger charge is -2.25. The molecule has 4 bridgehead atoms. The van der Waals surface area contributed by atoms with Crippen LogP contribution in [0.5, 0.6) is 23.0 Å². The van der Waals surface area contributed by atoms with E-state index in [9.17, 15) is 22.8 Å². The van der Waals surface area contributed by atoms with Crippen molar-refractivity contribution in [3.63, 3.8) is 0 Å². The molecule has 10 nitrogen and oxygen atoms in total. The Morgan fingerprint density at radius 1 is 0.800 bits per heavy atom. The lowest BCUT2D eigenvalue weighted by Crippen LogP contribution is -2.34. The van der Waals surface area contributed by atoms with Crippen LogP contribution >= 0.6 is 0 Å². The average Bonchev–Trinajstić information content (AvgIpc) is 3.26. The number of nitrogens with zero attached hydrogens (tertiary/aromatic N) is 2. The maximum absolute atomic E-state index is 13.6. The largest absolute Gasteiger partial charge is 0.496 e. The Bertz CT molecular complexity index is 1310. The molecule has 0 N–H and O–H groups in total. The zero-order valence-corrected chi connectivity index (χ0v) is 26.0. The number of ether oxygens (including phenoxy) is 6. The number of halogens is 3. The lowest BCUT2D eigenvalue weighted by molar-refractivity contribution is -0.138. The van der Waals surface area contributed by atoms with Gasteiger partial charge in [0, 0.05) is 26.2 Å². The van der Waals surface area contributed by atoms with Gasteiger partial charge in [-0.2, -0.15) is 13.2 Å². The van der Waals surface area contributed by atoms with E-state index < -0.39 is 29.8 Å². The van der Waals surface area contributed by atoms with Crippen molar-refractivity contribution in [2.75, 3.05) is 73.8 Å². The number of hydrogen-bond acceptors (Lipinski definition) is 10. The summed E-state index contributed by atoms with van der Waals surface area (Å²) in [5, 5.41) is 0. The van der Waals surface area contributed by atoms with Crippen LogP contribution in [0.15, 0.2) is 30.3 Å². The molecule has 4 rings (SSSR count). The van der Waals surface area contributed by atoms with Gasteiger partial charge in [-0.1, -0.05) is 0 Å². The molecular weight excluding hydrogens is 597 g/mol. The van der Waals surface area contributed by atoms with Crippen LogP contribution in [0, 0.1) is 0 Å². The number of rotatable bonds is 5. The molecule has 0 aliphatic carbocycles. The maximum atomic E-state index is 13.6. The third kappa shape index (κ3) is 9.40. The third-order valence-electron chi connectivity index (χ3n) is 7.92. The molecule has 0 saturated carbocycles. The highest BCUT2D eigenvalue weighted by Crippen LogP contribution is 2.39. The van der Waals surface area contributed by atoms with Gasteiger partial charge in [-0.3, -0.25) is 0 Å². The van der Waals surface area contributed by atoms with Crippen molar-refractivity contribution < 1.29 is 51.2 Å². The highest BCUT2D eigenvalue weighted by Gasteiger charge is 2.35. The van der Waals surface area contributed by atoms with Crippen molar-refractivity contribution in [3.05, 3.63) is 47.0 Å². The van der Waals surface area contributed by atoms with Crippen LogP contribution in [0.4, 0.5) is 13.2 Å². The molecule has 2 aromatic carbocycles. The van der Waals surface area contributed by atoms with Crippen LogP contribution in [0.1, 0.15) is 58.4 Å². The number of cyclic esters (lactones) is 1. The van der Waals surface area contributed by atoms with Crippen molar-refractivity contribution in [2.24, 2.45) is 0 Å². The number of carbonyl (C=O) groups is 2. The molecular formula is C32H41F3N2O8. The van der Waals surface area contributed by atoms with Crippen LogP contribution < -0.4 is 18.9 Å². The standard InChI is InChI=1S/C32H41F3N2O8/c1-40-26-9-8-22(19-25(26)32(33,34)35)31(39)45-24-7-4-17-43-28-21-23(20-27(41-2)29(28)42-3)30(38)44-18-6-13-36-11-5-12-37(14-10-24)16-15-36/h8-9,19-21,24H,4-7,10-18H2,1-3H3. The predicted octanol–water partition coefficient (Wildman–Crippen LogP) is 5.07. The maximum Gasteiger partial charge on any atom is 0.419 e. The van der Waals surface area contributed by atoms with Crippen LogP contribution in [0.25, 0.3) is 0 Å². The number of esters is 2. The molecule has 45 heavy (non-hydrogen) atoms. The van der Waals surface area contributed by atoms with E-state index in [2.05, 4.69) is 9.80 Å². The summed E-state index contributed by atoms with van der Waals surface area (Å²) in [6, 6.07) is 6.23. The molecule has 0 aromatic heterocycles. The van der Waals surface area contributed by atoms with Crippen LogP contribution in [0.3, 0.4) is 0 Å². The Morgan fingerprint density at radius 3 is 2.18 bits per heavy atom. The van der Waals surface area contributed by atoms with Crippen molar-refractivity contribution in [2.45, 2.75) is 44.4 Å². The van der Waals surface area contributed by atoms with Gasteiger partial charge in [-0.25, -0.2) is 9.59 Å². The first-order valence-corrected chi connectivity index (χ1v) is 15.1. The predicted molar refractivity (Wildman–Crippen MR) is 158 cm³/mol. The van der Waals surface area contributed by atoms with E-state index in [0.717, 1.165) is 58.4 Å². The van der Waals surface area contributed by atoms with Gasteiger partial charge < -0.3 is 38.2 Å². The first-order valence-electron chi connectivity index (χ1n) is 15.1. The highest BCUT2D eigenvalue weighted by atomic mass is 19.4. The van der Waals surface area contributed by atoms with Gasteiger partial charge in [0.1, 0.15) is 11.9 Å². The number of methoxy groups -OCH3 is 3. The number of benzene rings is 2. The van der Waals surface area contributed by atoms with E-state index in [1.54, 1.807) is 12.1 Å². The van der Waals surface area contributed by atoms with E-state index >= 15 is 0 Å². The van der Waals surface area contributed by atoms with Gasteiger partial charge in [0.25, 0.3) is 0 Å². The number of fused-ring (bicyclic) bond motifs is 5. The second-order valence-electron chi connectivity index (χ2n) is 11.0. The average molecular weight is 639 g/mol. The number of carbonyl (C=O) groups excluding carboxylic acids is 2. The van der Waals surface area contributed by atoms with Gasteiger partial charge in [-0.15, -0.1) is 0 Å². The Balaban J connectivity index is 1.54. The second-order valence-corrected chi connectivity index (χ2v) is 11.0. The molecule has 248 valence electrons. The molecule has 1 saturated heterocycles. The zero-order valence-electron chi connectivity index (χ0n) is 26.0. The molecule has 0 spiro atoms. The minimum absolute atomic E-state index is 0.186. The summed E-state index contributed by atoms with van der Waals surface area (Å²) in [5.74, 6) is -0.795. The summed E-state index contributed by atoms with van der Waals surface area (Å²) >= 11 is 0. The fraction of sp³-hybridized carbons (Fsp3) is 0.562. The topological polar surface area (TPSA) is 96.0 Å². The smallest absolute Gasteiger partial charge is 0.419 e. The van der Waals surface area contributed by atoms with Crippen molar-refractivity contribution in [1.82, 2.24) is 9.80 Å². The molecule has 0 radical (unpaired) electrons. The molecule has 13 heteroatoms. The molecule has 3 atom stereocenters. The van der Waals surface area contributed by atoms with Crippen LogP contribution in [-0.4, -0.2) is 102 Å². The molecule has 2 aliphatic heterocycles. The van der Waals surface area contributed by atoms with Crippen molar-refractivity contribution in [3.8, 4) is 23.0 Å². The van der Waals surface area contributed by atoms with E-state index in [1.165, 1.54) is 20.3 Å². The van der Waals surface area contributed by atoms with E-state index in [1.807, 2.05) is 0 Å². The van der Waals surface area contributed by atoms with Crippen molar-refractivity contribution >= 4 is 11.9 Å². The normalized spacial score (nSPS) is 22.0. The molecule has 2 aliphatic rings. The molecule has 2 heterocycles. The highest BCUT2D eigenvalue weighted by molar-refractivity contribution is 5.91. The van der Waals surface area contributed by atoms with Gasteiger partial charge in [0.2, 0.25) is 5.75 Å². The van der Waals surface area contributed by atoms with Gasteiger partial charge in [0.15, 0.2) is 11.5 Å².